The zero-order chi connectivity index (χ0) is 40.4. The van der Waals surface area contributed by atoms with Gasteiger partial charge in [0.25, 0.3) is 0 Å². The van der Waals surface area contributed by atoms with E-state index in [4.69, 9.17) is 0 Å². The average Bonchev–Trinajstić information content (AvgIpc) is 3.37. The molecule has 6 rings (SSSR count). The molecule has 0 bridgehead atoms. The fourth-order valence-electron chi connectivity index (χ4n) is 4.30. The summed E-state index contributed by atoms with van der Waals surface area (Å²) in [4.78, 5) is 0. The molecule has 0 radical (unpaired) electrons. The molecule has 0 saturated heterocycles. The van der Waals surface area contributed by atoms with Crippen molar-refractivity contribution in [2.75, 3.05) is 0 Å². The first-order valence-corrected chi connectivity index (χ1v) is 19.1. The summed E-state index contributed by atoms with van der Waals surface area (Å²) in [6, 6.07) is 12.5. The fraction of sp³-hybridized carbons (Fsp3) is 0.0769. The van der Waals surface area contributed by atoms with Gasteiger partial charge < -0.3 is 12.4 Å². The van der Waals surface area contributed by atoms with Crippen molar-refractivity contribution in [3.63, 3.8) is 0 Å². The zero-order valence-corrected chi connectivity index (χ0v) is 31.5. The summed E-state index contributed by atoms with van der Waals surface area (Å²) < 4.78 is 250. The molecule has 0 aliphatic rings. The summed E-state index contributed by atoms with van der Waals surface area (Å²) in [5.74, 6) is -2.55. The van der Waals surface area contributed by atoms with Crippen molar-refractivity contribution < 1.29 is 136 Å². The Balaban J connectivity index is 0.000000393. The molecule has 0 spiro atoms. The Hall–Kier alpha value is -2.07. The first-order chi connectivity index (χ1) is 22.7. The van der Waals surface area contributed by atoms with Crippen molar-refractivity contribution >= 4 is 76.9 Å². The Bertz CT molecular complexity index is 2000. The van der Waals surface area contributed by atoms with Crippen molar-refractivity contribution in [1.29, 1.82) is 0 Å². The van der Waals surface area contributed by atoms with E-state index in [2.05, 4.69) is 0 Å². The van der Waals surface area contributed by atoms with E-state index in [9.17, 15) is 94.3 Å². The maximum Gasteiger partial charge on any atom is 1.00 e. The van der Waals surface area contributed by atoms with Crippen LogP contribution in [-0.2, 0) is 11.0 Å². The first kappa shape index (κ1) is 49.9. The maximum absolute atomic E-state index is 13.2. The molecule has 300 valence electrons. The third-order valence-electron chi connectivity index (χ3n) is 5.69. The third-order valence-corrected chi connectivity index (χ3v) is 9.80. The molecule has 0 fully saturated rings. The van der Waals surface area contributed by atoms with Crippen LogP contribution in [0.15, 0.2) is 72.8 Å². The van der Waals surface area contributed by atoms with Gasteiger partial charge in [-0.1, -0.05) is 0 Å². The minimum Gasteiger partial charge on any atom is -1.00 e. The Morgan fingerprint density at radius 1 is 0.352 bits per heavy atom. The van der Waals surface area contributed by atoms with E-state index in [1.807, 2.05) is 0 Å². The van der Waals surface area contributed by atoms with Crippen molar-refractivity contribution in [2.24, 2.45) is 0 Å². The molecule has 54 heavy (non-hydrogen) atoms. The number of hydrogen-bond acceptors (Lipinski definition) is 0. The van der Waals surface area contributed by atoms with E-state index < -0.39 is 70.8 Å². The molecule has 28 heteroatoms. The summed E-state index contributed by atoms with van der Waals surface area (Å²) in [6.07, 6.45) is 0. The van der Waals surface area contributed by atoms with E-state index in [1.54, 1.807) is 0 Å². The SMILES string of the molecule is F[P-](F)(F)(F)(F)F.F[P-](F)(F)(F)(F)F.Fc1ccc2c(c1)c1cc(F)ccc1[s+]2C(F)(F)F.Fc1ccc2c(c1)c1cc(F)ccc1[s+]2C(F)(F)F.[Cl-].[Na+]. The second-order valence-corrected chi connectivity index (χ2v) is 17.7. The van der Waals surface area contributed by atoms with E-state index >= 15 is 0 Å². The van der Waals surface area contributed by atoms with Crippen molar-refractivity contribution in [1.82, 2.24) is 0 Å². The molecule has 0 N–H and O–H groups in total. The van der Waals surface area contributed by atoms with E-state index in [1.165, 1.54) is 0 Å². The molecular formula is C26H12ClF22NaP2S2. The Kier molecular flexibility index (Phi) is 13.3. The number of halogens is 23. The van der Waals surface area contributed by atoms with Gasteiger partial charge in [0.05, 0.1) is 21.5 Å². The molecule has 0 unspecified atom stereocenters. The molecule has 0 nitrogen and oxygen atoms in total. The topological polar surface area (TPSA) is 0 Å². The van der Waals surface area contributed by atoms with Gasteiger partial charge in [-0.15, -0.1) is 26.3 Å². The van der Waals surface area contributed by atoms with Crippen LogP contribution in [0.4, 0.5) is 94.3 Å². The Morgan fingerprint density at radius 3 is 0.630 bits per heavy atom. The van der Waals surface area contributed by atoms with Crippen molar-refractivity contribution in [3.8, 4) is 0 Å². The fourth-order valence-corrected chi connectivity index (χ4v) is 8.14. The quantitative estimate of drug-likeness (QED) is 0.0616. The van der Waals surface area contributed by atoms with Crippen LogP contribution in [0.25, 0.3) is 40.3 Å². The monoisotopic (exact) mass is 926 g/mol. The van der Waals surface area contributed by atoms with Crippen LogP contribution in [0.1, 0.15) is 0 Å². The first-order valence-electron chi connectivity index (χ1n) is 12.6. The average molecular weight is 927 g/mol. The van der Waals surface area contributed by atoms with Gasteiger partial charge in [0, 0.05) is 24.3 Å². The number of alkyl halides is 6. The molecule has 0 amide bonds. The summed E-state index contributed by atoms with van der Waals surface area (Å²) in [6.45, 7) is 0. The normalized spacial score (nSPS) is 14.8. The summed E-state index contributed by atoms with van der Waals surface area (Å²) >= 11 is 0. The number of thiophene rings is 2. The molecular weight excluding hydrogens is 915 g/mol. The molecule has 0 aliphatic carbocycles. The van der Waals surface area contributed by atoms with Crippen molar-refractivity contribution in [2.45, 2.75) is 11.0 Å². The van der Waals surface area contributed by atoms with Crippen LogP contribution in [0, 0.1) is 23.3 Å². The number of hydrogen-bond donors (Lipinski definition) is 0. The van der Waals surface area contributed by atoms with Crippen LogP contribution in [-0.4, -0.2) is 0 Å². The molecule has 0 aliphatic heterocycles. The van der Waals surface area contributed by atoms with Crippen LogP contribution in [0.2, 0.25) is 0 Å². The predicted molar refractivity (Wildman–Crippen MR) is 157 cm³/mol. The minimum absolute atomic E-state index is 0. The summed E-state index contributed by atoms with van der Waals surface area (Å²) in [7, 11) is -25.6. The minimum atomic E-state index is -10.7. The second kappa shape index (κ2) is 14.4. The smallest absolute Gasteiger partial charge is 1.00 e. The van der Waals surface area contributed by atoms with Gasteiger partial charge in [-0.25, -0.2) is 17.6 Å². The van der Waals surface area contributed by atoms with Gasteiger partial charge in [0.2, 0.25) is 0 Å². The summed E-state index contributed by atoms with van der Waals surface area (Å²) in [5.41, 5.74) is -8.93. The predicted octanol–water partition coefficient (Wildman–Crippen LogP) is 11.8. The zero-order valence-electron chi connectivity index (χ0n) is 25.3. The molecule has 0 saturated carbocycles. The standard InChI is InChI=1S/2C13H6F5S.ClH.2F6P.Na/c2*14-7-1-3-11-9(5-7)10-6-8(15)2-4-12(10)19(11)13(16,17)18;;2*1-7(2,3,4,5)6;/h2*1-6H;1H;;;/q2*+1;;2*-1;+1/p-1. The van der Waals surface area contributed by atoms with E-state index in [0.29, 0.717) is 0 Å². The maximum atomic E-state index is 13.2. The number of benzene rings is 4. The third kappa shape index (κ3) is 16.2. The molecule has 2 aromatic heterocycles. The number of rotatable bonds is 0. The molecule has 4 aromatic carbocycles. The molecule has 6 aromatic rings. The van der Waals surface area contributed by atoms with E-state index in [-0.39, 0.29) is 82.3 Å². The van der Waals surface area contributed by atoms with E-state index in [0.717, 1.165) is 72.8 Å². The summed E-state index contributed by atoms with van der Waals surface area (Å²) in [5, 5.41) is 0.482. The van der Waals surface area contributed by atoms with Crippen LogP contribution >= 0.6 is 36.6 Å². The van der Waals surface area contributed by atoms with Crippen LogP contribution in [0.5, 0.6) is 0 Å². The van der Waals surface area contributed by atoms with Gasteiger partial charge in [-0.2, -0.15) is 0 Å². The van der Waals surface area contributed by atoms with Crippen LogP contribution in [0.3, 0.4) is 0 Å². The van der Waals surface area contributed by atoms with Gasteiger partial charge in [-0.3, -0.25) is 0 Å². The van der Waals surface area contributed by atoms with Gasteiger partial charge >= 0.3 is 107 Å². The van der Waals surface area contributed by atoms with Gasteiger partial charge in [-0.05, 0) is 48.5 Å². The second-order valence-electron chi connectivity index (χ2n) is 9.98. The Morgan fingerprint density at radius 2 is 0.500 bits per heavy atom. The van der Waals surface area contributed by atoms with Crippen LogP contribution < -0.4 is 42.0 Å². The van der Waals surface area contributed by atoms with Gasteiger partial charge in [0.15, 0.2) is 18.8 Å². The van der Waals surface area contributed by atoms with Gasteiger partial charge in [0.1, 0.15) is 44.2 Å². The van der Waals surface area contributed by atoms with Crippen molar-refractivity contribution in [3.05, 3.63) is 96.1 Å². The molecule has 2 heterocycles. The number of fused-ring (bicyclic) bond motifs is 6. The largest absolute Gasteiger partial charge is 1.00 e. The molecule has 0 atom stereocenters. The Labute approximate surface area is 318 Å².